The molecule has 1 aliphatic rings. The average molecular weight is 440 g/mol. The van der Waals surface area contributed by atoms with Gasteiger partial charge in [-0.15, -0.1) is 0 Å². The highest BCUT2D eigenvalue weighted by molar-refractivity contribution is 7.91. The van der Waals surface area contributed by atoms with Crippen LogP contribution in [0.25, 0.3) is 10.8 Å². The number of halogens is 1. The van der Waals surface area contributed by atoms with Gasteiger partial charge in [0.25, 0.3) is 5.91 Å². The molecule has 3 aromatic carbocycles. The van der Waals surface area contributed by atoms with Gasteiger partial charge in [-0.25, -0.2) is 17.6 Å². The Hall–Kier alpha value is -3.26. The summed E-state index contributed by atoms with van der Waals surface area (Å²) in [7, 11) is -3.65. The fourth-order valence-electron chi connectivity index (χ4n) is 3.77. The zero-order chi connectivity index (χ0) is 22.2. The molecule has 6 nitrogen and oxygen atoms in total. The molecule has 1 saturated heterocycles. The molecule has 160 valence electrons. The van der Waals surface area contributed by atoms with E-state index in [1.165, 1.54) is 12.1 Å². The molecule has 0 radical (unpaired) electrons. The van der Waals surface area contributed by atoms with Crippen LogP contribution in [-0.4, -0.2) is 37.6 Å². The second-order valence-corrected chi connectivity index (χ2v) is 9.81. The number of carbonyl (C=O) groups excluding carboxylic acids is 2. The van der Waals surface area contributed by atoms with E-state index in [1.54, 1.807) is 6.92 Å². The Bertz CT molecular complexity index is 1270. The lowest BCUT2D eigenvalue weighted by Crippen LogP contribution is -2.41. The molecule has 8 heteroatoms. The van der Waals surface area contributed by atoms with Crippen molar-refractivity contribution < 1.29 is 22.4 Å². The molecule has 1 N–H and O–H groups in total. The van der Waals surface area contributed by atoms with Crippen LogP contribution in [0.15, 0.2) is 71.6 Å². The smallest absolute Gasteiger partial charge is 0.319 e. The lowest BCUT2D eigenvalue weighted by Gasteiger charge is -2.22. The van der Waals surface area contributed by atoms with Gasteiger partial charge >= 0.3 is 6.03 Å². The lowest BCUT2D eigenvalue weighted by molar-refractivity contribution is -0.131. The molecule has 0 spiro atoms. The van der Waals surface area contributed by atoms with Crippen molar-refractivity contribution in [2.75, 3.05) is 12.3 Å². The fraction of sp³-hybridized carbons (Fsp3) is 0.217. The average Bonchev–Trinajstić information content (AvgIpc) is 2.97. The van der Waals surface area contributed by atoms with Crippen molar-refractivity contribution in [1.29, 1.82) is 0 Å². The van der Waals surface area contributed by atoms with E-state index in [1.807, 2.05) is 42.5 Å². The third-order valence-corrected chi connectivity index (χ3v) is 7.39. The minimum atomic E-state index is -3.65. The Labute approximate surface area is 179 Å². The first-order valence-corrected chi connectivity index (χ1v) is 11.5. The zero-order valence-corrected chi connectivity index (χ0v) is 17.7. The summed E-state index contributed by atoms with van der Waals surface area (Å²) in [6.45, 7) is 1.61. The molecule has 4 rings (SSSR count). The first-order valence-electron chi connectivity index (χ1n) is 9.82. The highest BCUT2D eigenvalue weighted by Gasteiger charge is 2.48. The third-order valence-electron chi connectivity index (χ3n) is 5.57. The molecule has 1 atom stereocenters. The third kappa shape index (κ3) is 3.90. The first-order chi connectivity index (χ1) is 14.7. The van der Waals surface area contributed by atoms with E-state index >= 15 is 0 Å². The van der Waals surface area contributed by atoms with E-state index in [9.17, 15) is 22.4 Å². The molecule has 1 heterocycles. The van der Waals surface area contributed by atoms with Crippen molar-refractivity contribution in [2.45, 2.75) is 23.8 Å². The summed E-state index contributed by atoms with van der Waals surface area (Å²) in [5.41, 5.74) is -0.567. The monoisotopic (exact) mass is 440 g/mol. The normalized spacial score (nSPS) is 19.1. The van der Waals surface area contributed by atoms with Crippen molar-refractivity contribution in [3.63, 3.8) is 0 Å². The quantitative estimate of drug-likeness (QED) is 0.469. The Morgan fingerprint density at radius 3 is 2.35 bits per heavy atom. The predicted octanol–water partition coefficient (Wildman–Crippen LogP) is 3.61. The zero-order valence-electron chi connectivity index (χ0n) is 16.8. The van der Waals surface area contributed by atoms with E-state index in [2.05, 4.69) is 5.32 Å². The van der Waals surface area contributed by atoms with E-state index in [0.717, 1.165) is 27.8 Å². The van der Waals surface area contributed by atoms with Crippen LogP contribution in [0.1, 0.15) is 18.9 Å². The van der Waals surface area contributed by atoms with Crippen molar-refractivity contribution in [1.82, 2.24) is 10.2 Å². The minimum Gasteiger partial charge on any atom is -0.319 e. The highest BCUT2D eigenvalue weighted by atomic mass is 32.2. The maximum Gasteiger partial charge on any atom is 0.325 e. The van der Waals surface area contributed by atoms with Gasteiger partial charge < -0.3 is 5.32 Å². The molecule has 31 heavy (non-hydrogen) atoms. The van der Waals surface area contributed by atoms with Crippen LogP contribution in [0, 0.1) is 5.82 Å². The van der Waals surface area contributed by atoms with Crippen LogP contribution < -0.4 is 5.32 Å². The second-order valence-electron chi connectivity index (χ2n) is 7.70. The number of sulfone groups is 1. The lowest BCUT2D eigenvalue weighted by atomic mass is 9.90. The number of nitrogens with one attached hydrogen (secondary N) is 1. The van der Waals surface area contributed by atoms with Crippen LogP contribution in [0.3, 0.4) is 0 Å². The molecule has 3 amide bonds. The van der Waals surface area contributed by atoms with Gasteiger partial charge in [0.05, 0.1) is 10.6 Å². The Morgan fingerprint density at radius 2 is 1.65 bits per heavy atom. The van der Waals surface area contributed by atoms with Crippen LogP contribution in [0.5, 0.6) is 0 Å². The minimum absolute atomic E-state index is 0.00658. The molecule has 1 fully saturated rings. The fourth-order valence-corrected chi connectivity index (χ4v) is 5.06. The number of hydrogen-bond donors (Lipinski definition) is 1. The van der Waals surface area contributed by atoms with Crippen LogP contribution >= 0.6 is 0 Å². The van der Waals surface area contributed by atoms with Gasteiger partial charge in [-0.3, -0.25) is 9.69 Å². The molecule has 0 aliphatic carbocycles. The van der Waals surface area contributed by atoms with Crippen molar-refractivity contribution in [2.24, 2.45) is 0 Å². The van der Waals surface area contributed by atoms with Gasteiger partial charge in [-0.2, -0.15) is 0 Å². The van der Waals surface area contributed by atoms with E-state index in [-0.39, 0.29) is 23.6 Å². The van der Waals surface area contributed by atoms with E-state index in [4.69, 9.17) is 0 Å². The first kappa shape index (κ1) is 21.0. The van der Waals surface area contributed by atoms with Gasteiger partial charge in [-0.05, 0) is 60.0 Å². The van der Waals surface area contributed by atoms with Crippen molar-refractivity contribution >= 4 is 32.5 Å². The number of benzene rings is 3. The second kappa shape index (κ2) is 7.77. The maximum atomic E-state index is 13.1. The van der Waals surface area contributed by atoms with Crippen LogP contribution in [0.2, 0.25) is 0 Å². The summed E-state index contributed by atoms with van der Waals surface area (Å²) in [6.07, 6.45) is 0.0761. The van der Waals surface area contributed by atoms with Gasteiger partial charge in [0.1, 0.15) is 11.4 Å². The summed E-state index contributed by atoms with van der Waals surface area (Å²) in [5, 5.41) is 4.72. The Kier molecular flexibility index (Phi) is 5.26. The summed E-state index contributed by atoms with van der Waals surface area (Å²) < 4.78 is 37.9. The number of rotatable bonds is 6. The Morgan fingerprint density at radius 1 is 0.968 bits per heavy atom. The number of imide groups is 1. The standard InChI is InChI=1S/C23H21FN2O4S/c1-23(18-8-7-16-5-2-3-6-17(16)15-18)21(27)26(22(28)25-23)13-4-14-31(29,30)20-11-9-19(24)10-12-20/h2-3,5-12,15H,4,13-14H2,1H3,(H,25,28). The van der Waals surface area contributed by atoms with Crippen molar-refractivity contribution in [3.05, 3.63) is 78.1 Å². The summed E-state index contributed by atoms with van der Waals surface area (Å²) >= 11 is 0. The number of carbonyl (C=O) groups is 2. The van der Waals surface area contributed by atoms with Gasteiger partial charge in [0, 0.05) is 6.54 Å². The topological polar surface area (TPSA) is 83.6 Å². The molecule has 1 unspecified atom stereocenters. The molecular formula is C23H21FN2O4S. The molecular weight excluding hydrogens is 419 g/mol. The Balaban J connectivity index is 1.48. The molecule has 0 bridgehead atoms. The molecule has 0 aromatic heterocycles. The van der Waals surface area contributed by atoms with Gasteiger partial charge in [0.15, 0.2) is 9.84 Å². The molecule has 0 saturated carbocycles. The van der Waals surface area contributed by atoms with Crippen LogP contribution in [-0.2, 0) is 20.2 Å². The number of hydrogen-bond acceptors (Lipinski definition) is 4. The van der Waals surface area contributed by atoms with E-state index in [0.29, 0.717) is 5.56 Å². The number of urea groups is 1. The predicted molar refractivity (Wildman–Crippen MR) is 115 cm³/mol. The maximum absolute atomic E-state index is 13.1. The van der Waals surface area contributed by atoms with Crippen molar-refractivity contribution in [3.8, 4) is 0 Å². The largest absolute Gasteiger partial charge is 0.325 e. The number of amides is 3. The molecule has 3 aromatic rings. The number of fused-ring (bicyclic) bond motifs is 1. The van der Waals surface area contributed by atoms with Gasteiger partial charge in [0.2, 0.25) is 0 Å². The summed E-state index contributed by atoms with van der Waals surface area (Å²) in [5.74, 6) is -1.21. The summed E-state index contributed by atoms with van der Waals surface area (Å²) in [6, 6.07) is 17.3. The summed E-state index contributed by atoms with van der Waals surface area (Å²) in [4.78, 5) is 26.6. The highest BCUT2D eigenvalue weighted by Crippen LogP contribution is 2.31. The SMILES string of the molecule is CC1(c2ccc3ccccc3c2)NC(=O)N(CCCS(=O)(=O)c2ccc(F)cc2)C1=O. The van der Waals surface area contributed by atoms with Gasteiger partial charge in [-0.1, -0.05) is 36.4 Å². The van der Waals surface area contributed by atoms with E-state index < -0.39 is 33.1 Å². The molecule has 1 aliphatic heterocycles. The van der Waals surface area contributed by atoms with Crippen LogP contribution in [0.4, 0.5) is 9.18 Å². The number of nitrogens with zero attached hydrogens (tertiary/aromatic N) is 1.